The summed E-state index contributed by atoms with van der Waals surface area (Å²) in [7, 11) is 4.33. The summed E-state index contributed by atoms with van der Waals surface area (Å²) in [6, 6.07) is 9.34. The number of hydrogen-bond donors (Lipinski definition) is 1. The van der Waals surface area contributed by atoms with Crippen LogP contribution in [-0.2, 0) is 11.8 Å². The first-order valence-electron chi connectivity index (χ1n) is 7.63. The largest absolute Gasteiger partial charge is 0.319 e. The normalized spacial score (nSPS) is 25.2. The lowest BCUT2D eigenvalue weighted by Gasteiger charge is -2.33. The Hall–Kier alpha value is -0.860. The molecule has 1 aromatic carbocycles. The summed E-state index contributed by atoms with van der Waals surface area (Å²) >= 11 is 0. The molecule has 0 amide bonds. The van der Waals surface area contributed by atoms with Crippen LogP contribution in [0, 0.1) is 0 Å². The summed E-state index contributed by atoms with van der Waals surface area (Å²) in [5.74, 6) is 0. The molecule has 1 heterocycles. The lowest BCUT2D eigenvalue weighted by molar-refractivity contribution is 0.322. The Labute approximate surface area is 118 Å². The topological polar surface area (TPSA) is 15.3 Å². The second-order valence-corrected chi connectivity index (χ2v) is 6.02. The van der Waals surface area contributed by atoms with Gasteiger partial charge in [-0.3, -0.25) is 0 Å². The van der Waals surface area contributed by atoms with E-state index in [4.69, 9.17) is 0 Å². The first-order valence-corrected chi connectivity index (χ1v) is 7.63. The predicted molar refractivity (Wildman–Crippen MR) is 82.8 cm³/mol. The summed E-state index contributed by atoms with van der Waals surface area (Å²) in [6.45, 7) is 5.75. The quantitative estimate of drug-likeness (QED) is 0.895. The number of rotatable bonds is 4. The van der Waals surface area contributed by atoms with Crippen molar-refractivity contribution in [3.8, 4) is 0 Å². The van der Waals surface area contributed by atoms with Crippen molar-refractivity contribution in [2.45, 2.75) is 38.0 Å². The molecule has 2 nitrogen and oxygen atoms in total. The summed E-state index contributed by atoms with van der Waals surface area (Å²) < 4.78 is 0. The van der Waals surface area contributed by atoms with Crippen LogP contribution >= 0.6 is 0 Å². The molecule has 1 aliphatic rings. The molecule has 0 spiro atoms. The molecule has 1 atom stereocenters. The zero-order valence-electron chi connectivity index (χ0n) is 12.7. The molecule has 1 unspecified atom stereocenters. The van der Waals surface area contributed by atoms with Crippen molar-refractivity contribution in [2.75, 3.05) is 33.7 Å². The molecule has 2 heteroatoms. The van der Waals surface area contributed by atoms with Gasteiger partial charge in [-0.2, -0.15) is 0 Å². The van der Waals surface area contributed by atoms with Crippen LogP contribution in [0.4, 0.5) is 0 Å². The molecule has 0 radical (unpaired) electrons. The van der Waals surface area contributed by atoms with Gasteiger partial charge in [-0.05, 0) is 64.0 Å². The average molecular weight is 260 g/mol. The SMILES string of the molecule is CCc1ccc(C2(CNC)CCCN(C)CC2)cc1. The molecule has 0 aromatic heterocycles. The molecule has 2 rings (SSSR count). The van der Waals surface area contributed by atoms with Gasteiger partial charge in [0.05, 0.1) is 0 Å². The molecule has 1 fully saturated rings. The van der Waals surface area contributed by atoms with E-state index in [0.717, 1.165) is 13.0 Å². The van der Waals surface area contributed by atoms with Crippen molar-refractivity contribution in [3.05, 3.63) is 35.4 Å². The van der Waals surface area contributed by atoms with E-state index >= 15 is 0 Å². The highest BCUT2D eigenvalue weighted by Crippen LogP contribution is 2.35. The highest BCUT2D eigenvalue weighted by Gasteiger charge is 2.33. The Morgan fingerprint density at radius 2 is 1.89 bits per heavy atom. The molecule has 0 bridgehead atoms. The van der Waals surface area contributed by atoms with Crippen LogP contribution in [0.2, 0.25) is 0 Å². The van der Waals surface area contributed by atoms with E-state index in [1.807, 2.05) is 0 Å². The van der Waals surface area contributed by atoms with Gasteiger partial charge in [0.2, 0.25) is 0 Å². The van der Waals surface area contributed by atoms with Gasteiger partial charge in [-0.1, -0.05) is 31.2 Å². The Morgan fingerprint density at radius 3 is 2.53 bits per heavy atom. The fourth-order valence-corrected chi connectivity index (χ4v) is 3.33. The number of hydrogen-bond acceptors (Lipinski definition) is 2. The molecule has 106 valence electrons. The Balaban J connectivity index is 2.26. The third-order valence-electron chi connectivity index (χ3n) is 4.66. The van der Waals surface area contributed by atoms with Crippen LogP contribution in [0.3, 0.4) is 0 Å². The summed E-state index contributed by atoms with van der Waals surface area (Å²) in [4.78, 5) is 2.47. The van der Waals surface area contributed by atoms with Gasteiger partial charge in [0.1, 0.15) is 0 Å². The van der Waals surface area contributed by atoms with Crippen molar-refractivity contribution >= 4 is 0 Å². The highest BCUT2D eigenvalue weighted by atomic mass is 15.1. The van der Waals surface area contributed by atoms with Crippen molar-refractivity contribution < 1.29 is 0 Å². The molecule has 1 aliphatic heterocycles. The van der Waals surface area contributed by atoms with Crippen molar-refractivity contribution in [1.82, 2.24) is 10.2 Å². The number of likely N-dealkylation sites (N-methyl/N-ethyl adjacent to an activating group) is 1. The van der Waals surface area contributed by atoms with E-state index in [0.29, 0.717) is 5.41 Å². The van der Waals surface area contributed by atoms with Crippen molar-refractivity contribution in [3.63, 3.8) is 0 Å². The predicted octanol–water partition coefficient (Wildman–Crippen LogP) is 2.82. The van der Waals surface area contributed by atoms with Crippen molar-refractivity contribution in [2.24, 2.45) is 0 Å². The van der Waals surface area contributed by atoms with Gasteiger partial charge >= 0.3 is 0 Å². The lowest BCUT2D eigenvalue weighted by atomic mass is 9.74. The van der Waals surface area contributed by atoms with Gasteiger partial charge in [0.25, 0.3) is 0 Å². The lowest BCUT2D eigenvalue weighted by Crippen LogP contribution is -2.37. The van der Waals surface area contributed by atoms with Crippen LogP contribution in [0.5, 0.6) is 0 Å². The number of nitrogens with one attached hydrogen (secondary N) is 1. The third kappa shape index (κ3) is 3.37. The maximum absolute atomic E-state index is 3.43. The van der Waals surface area contributed by atoms with E-state index < -0.39 is 0 Å². The molecule has 19 heavy (non-hydrogen) atoms. The molecule has 0 saturated carbocycles. The minimum Gasteiger partial charge on any atom is -0.319 e. The summed E-state index contributed by atoms with van der Waals surface area (Å²) in [5.41, 5.74) is 3.29. The molecular weight excluding hydrogens is 232 g/mol. The van der Waals surface area contributed by atoms with Crippen LogP contribution in [0.15, 0.2) is 24.3 Å². The van der Waals surface area contributed by atoms with E-state index in [1.165, 1.54) is 43.5 Å². The Morgan fingerprint density at radius 1 is 1.16 bits per heavy atom. The van der Waals surface area contributed by atoms with Crippen molar-refractivity contribution in [1.29, 1.82) is 0 Å². The molecule has 1 saturated heterocycles. The molecule has 1 aromatic rings. The number of benzene rings is 1. The van der Waals surface area contributed by atoms with E-state index in [9.17, 15) is 0 Å². The fraction of sp³-hybridized carbons (Fsp3) is 0.647. The van der Waals surface area contributed by atoms with Gasteiger partial charge in [-0.15, -0.1) is 0 Å². The second kappa shape index (κ2) is 6.53. The fourth-order valence-electron chi connectivity index (χ4n) is 3.33. The Kier molecular flexibility index (Phi) is 5.00. The standard InChI is InChI=1S/C17H28N2/c1-4-15-6-8-16(9-7-15)17(14-18-2)10-5-12-19(3)13-11-17/h6-9,18H,4-5,10-14H2,1-3H3. The third-order valence-corrected chi connectivity index (χ3v) is 4.66. The Bertz CT molecular complexity index is 385. The zero-order valence-corrected chi connectivity index (χ0v) is 12.7. The minimum atomic E-state index is 0.325. The minimum absolute atomic E-state index is 0.325. The second-order valence-electron chi connectivity index (χ2n) is 6.02. The van der Waals surface area contributed by atoms with Crippen LogP contribution < -0.4 is 5.32 Å². The monoisotopic (exact) mass is 260 g/mol. The van der Waals surface area contributed by atoms with Gasteiger partial charge in [-0.25, -0.2) is 0 Å². The molecule has 1 N–H and O–H groups in total. The van der Waals surface area contributed by atoms with E-state index in [2.05, 4.69) is 55.5 Å². The van der Waals surface area contributed by atoms with E-state index in [1.54, 1.807) is 0 Å². The van der Waals surface area contributed by atoms with Gasteiger partial charge in [0.15, 0.2) is 0 Å². The van der Waals surface area contributed by atoms with Gasteiger partial charge < -0.3 is 10.2 Å². The summed E-state index contributed by atoms with van der Waals surface area (Å²) in [6.07, 6.45) is 4.98. The summed E-state index contributed by atoms with van der Waals surface area (Å²) in [5, 5.41) is 3.43. The van der Waals surface area contributed by atoms with Crippen LogP contribution in [0.1, 0.15) is 37.3 Å². The number of aryl methyl sites for hydroxylation is 1. The van der Waals surface area contributed by atoms with E-state index in [-0.39, 0.29) is 0 Å². The molecule has 0 aliphatic carbocycles. The number of nitrogens with zero attached hydrogens (tertiary/aromatic N) is 1. The van der Waals surface area contributed by atoms with Gasteiger partial charge in [0, 0.05) is 12.0 Å². The smallest absolute Gasteiger partial charge is 0.00902 e. The number of likely N-dealkylation sites (tertiary alicyclic amines) is 1. The van der Waals surface area contributed by atoms with Crippen LogP contribution in [0.25, 0.3) is 0 Å². The van der Waals surface area contributed by atoms with Crippen LogP contribution in [-0.4, -0.2) is 38.6 Å². The highest BCUT2D eigenvalue weighted by molar-refractivity contribution is 5.30. The first-order chi connectivity index (χ1) is 9.20. The molecular formula is C17H28N2. The maximum atomic E-state index is 3.43. The first kappa shape index (κ1) is 14.5. The zero-order chi connectivity index (χ0) is 13.7. The average Bonchev–Trinajstić information content (AvgIpc) is 2.63. The maximum Gasteiger partial charge on any atom is 0.00902 e.